The average molecular weight is 308 g/mol. The van der Waals surface area contributed by atoms with Crippen LogP contribution in [0.1, 0.15) is 13.8 Å². The molecule has 112 valence electrons. The van der Waals surface area contributed by atoms with Gasteiger partial charge in [0.2, 0.25) is 5.91 Å². The van der Waals surface area contributed by atoms with Gasteiger partial charge in [-0.15, -0.1) is 0 Å². The number of aryl methyl sites for hydroxylation is 1. The van der Waals surface area contributed by atoms with Crippen molar-refractivity contribution in [2.24, 2.45) is 0 Å². The highest BCUT2D eigenvalue weighted by Crippen LogP contribution is 2.18. The summed E-state index contributed by atoms with van der Waals surface area (Å²) in [4.78, 5) is 11.0. The maximum absolute atomic E-state index is 12.3. The minimum absolute atomic E-state index is 0.112. The van der Waals surface area contributed by atoms with Gasteiger partial charge in [-0.25, -0.2) is 13.1 Å². The van der Waals surface area contributed by atoms with Gasteiger partial charge in [-0.1, -0.05) is 0 Å². The first-order valence-electron chi connectivity index (χ1n) is 6.34. The maximum atomic E-state index is 12.3. The summed E-state index contributed by atoms with van der Waals surface area (Å²) in [7, 11) is -3.68. The molecule has 0 bridgehead atoms. The lowest BCUT2D eigenvalue weighted by Gasteiger charge is -2.10. The lowest BCUT2D eigenvalue weighted by molar-refractivity contribution is -0.114. The molecule has 0 spiro atoms. The Kier molecular flexibility index (Phi) is 4.27. The van der Waals surface area contributed by atoms with Crippen LogP contribution in [0.3, 0.4) is 0 Å². The fraction of sp³-hybridized carbons (Fsp3) is 0.231. The predicted molar refractivity (Wildman–Crippen MR) is 79.5 cm³/mol. The molecule has 8 heteroatoms. The number of nitrogens with zero attached hydrogens (tertiary/aromatic N) is 2. The number of anilines is 2. The molecule has 0 aliphatic rings. The molecule has 0 saturated heterocycles. The van der Waals surface area contributed by atoms with E-state index in [1.54, 1.807) is 10.7 Å². The second kappa shape index (κ2) is 5.96. The monoisotopic (exact) mass is 308 g/mol. The summed E-state index contributed by atoms with van der Waals surface area (Å²) in [6, 6.07) is 7.52. The molecule has 1 heterocycles. The van der Waals surface area contributed by atoms with E-state index in [1.807, 2.05) is 6.92 Å². The van der Waals surface area contributed by atoms with Crippen molar-refractivity contribution in [3.05, 3.63) is 36.5 Å². The Morgan fingerprint density at radius 3 is 2.48 bits per heavy atom. The highest BCUT2D eigenvalue weighted by Gasteiger charge is 2.16. The number of amides is 1. The predicted octanol–water partition coefficient (Wildman–Crippen LogP) is 1.66. The van der Waals surface area contributed by atoms with Crippen LogP contribution in [0.4, 0.5) is 11.5 Å². The second-order valence-electron chi connectivity index (χ2n) is 4.34. The zero-order valence-corrected chi connectivity index (χ0v) is 12.5. The number of aromatic nitrogens is 2. The largest absolute Gasteiger partial charge is 0.326 e. The van der Waals surface area contributed by atoms with Crippen LogP contribution in [0.5, 0.6) is 0 Å². The van der Waals surface area contributed by atoms with Crippen molar-refractivity contribution >= 4 is 27.4 Å². The molecule has 0 atom stereocenters. The molecule has 7 nitrogen and oxygen atoms in total. The third kappa shape index (κ3) is 3.60. The Bertz CT molecular complexity index is 735. The Morgan fingerprint density at radius 2 is 1.90 bits per heavy atom. The summed E-state index contributed by atoms with van der Waals surface area (Å²) in [6.07, 6.45) is 1.53. The van der Waals surface area contributed by atoms with Gasteiger partial charge in [-0.2, -0.15) is 5.10 Å². The number of sulfonamides is 1. The quantitative estimate of drug-likeness (QED) is 0.878. The number of carbonyl (C=O) groups excluding carboxylic acids is 1. The van der Waals surface area contributed by atoms with E-state index in [4.69, 9.17) is 0 Å². The molecule has 2 N–H and O–H groups in total. The van der Waals surface area contributed by atoms with Gasteiger partial charge in [0, 0.05) is 25.2 Å². The first kappa shape index (κ1) is 15.0. The van der Waals surface area contributed by atoms with Crippen LogP contribution in [0, 0.1) is 0 Å². The van der Waals surface area contributed by atoms with Crippen LogP contribution in [0.25, 0.3) is 0 Å². The molecule has 1 aromatic heterocycles. The number of nitrogens with one attached hydrogen (secondary N) is 2. The van der Waals surface area contributed by atoms with E-state index in [9.17, 15) is 13.2 Å². The number of hydrogen-bond acceptors (Lipinski definition) is 4. The van der Waals surface area contributed by atoms with Gasteiger partial charge in [0.1, 0.15) is 5.82 Å². The van der Waals surface area contributed by atoms with Gasteiger partial charge < -0.3 is 5.32 Å². The fourth-order valence-electron chi connectivity index (χ4n) is 1.79. The Labute approximate surface area is 123 Å². The minimum Gasteiger partial charge on any atom is -0.326 e. The van der Waals surface area contributed by atoms with Crippen LogP contribution in [0.2, 0.25) is 0 Å². The van der Waals surface area contributed by atoms with Gasteiger partial charge in [0.25, 0.3) is 10.0 Å². The third-order valence-corrected chi connectivity index (χ3v) is 4.11. The van der Waals surface area contributed by atoms with Crippen LogP contribution < -0.4 is 10.0 Å². The molecule has 0 aliphatic carbocycles. The van der Waals surface area contributed by atoms with E-state index >= 15 is 0 Å². The molecule has 0 fully saturated rings. The van der Waals surface area contributed by atoms with Crippen LogP contribution in [0.15, 0.2) is 41.4 Å². The Hall–Kier alpha value is -2.35. The molecule has 0 saturated carbocycles. The molecule has 1 amide bonds. The van der Waals surface area contributed by atoms with Crippen LogP contribution in [-0.4, -0.2) is 24.1 Å². The zero-order chi connectivity index (χ0) is 15.5. The van der Waals surface area contributed by atoms with E-state index in [2.05, 4.69) is 15.1 Å². The van der Waals surface area contributed by atoms with Crippen molar-refractivity contribution in [1.29, 1.82) is 0 Å². The van der Waals surface area contributed by atoms with E-state index in [0.29, 0.717) is 18.1 Å². The first-order chi connectivity index (χ1) is 9.92. The molecular formula is C13H16N4O3S. The number of rotatable bonds is 5. The normalized spacial score (nSPS) is 11.1. The minimum atomic E-state index is -3.68. The van der Waals surface area contributed by atoms with Crippen molar-refractivity contribution in [3.8, 4) is 0 Å². The van der Waals surface area contributed by atoms with E-state index < -0.39 is 10.0 Å². The standard InChI is InChI=1S/C13H16N4O3S/c1-3-17-13(8-9-14-17)16-21(19,20)12-6-4-11(5-7-12)15-10(2)18/h4-9,16H,3H2,1-2H3,(H,15,18). The van der Waals surface area contributed by atoms with Crippen molar-refractivity contribution in [2.45, 2.75) is 25.3 Å². The number of hydrogen-bond donors (Lipinski definition) is 2. The lowest BCUT2D eigenvalue weighted by Crippen LogP contribution is -2.16. The summed E-state index contributed by atoms with van der Waals surface area (Å²) in [5.41, 5.74) is 0.542. The van der Waals surface area contributed by atoms with Gasteiger partial charge >= 0.3 is 0 Å². The molecule has 1 aromatic carbocycles. The fourth-order valence-corrected chi connectivity index (χ4v) is 2.85. The lowest BCUT2D eigenvalue weighted by atomic mass is 10.3. The van der Waals surface area contributed by atoms with Crippen LogP contribution in [-0.2, 0) is 21.4 Å². The number of carbonyl (C=O) groups is 1. The molecule has 0 aliphatic heterocycles. The van der Waals surface area contributed by atoms with Gasteiger partial charge in [0.05, 0.1) is 11.1 Å². The smallest absolute Gasteiger partial charge is 0.263 e. The second-order valence-corrected chi connectivity index (χ2v) is 6.03. The topological polar surface area (TPSA) is 93.1 Å². The van der Waals surface area contributed by atoms with Crippen molar-refractivity contribution in [2.75, 3.05) is 10.0 Å². The van der Waals surface area contributed by atoms with Gasteiger partial charge in [0.15, 0.2) is 0 Å². The SMILES string of the molecule is CCn1nccc1NS(=O)(=O)c1ccc(NC(C)=O)cc1. The molecule has 2 aromatic rings. The molecule has 21 heavy (non-hydrogen) atoms. The summed E-state index contributed by atoms with van der Waals surface area (Å²) < 4.78 is 28.5. The van der Waals surface area contributed by atoms with Crippen molar-refractivity contribution in [1.82, 2.24) is 9.78 Å². The highest BCUT2D eigenvalue weighted by atomic mass is 32.2. The zero-order valence-electron chi connectivity index (χ0n) is 11.7. The van der Waals surface area contributed by atoms with E-state index in [0.717, 1.165) is 0 Å². The third-order valence-electron chi connectivity index (χ3n) is 2.74. The summed E-state index contributed by atoms with van der Waals surface area (Å²) in [5, 5.41) is 6.58. The molecule has 0 radical (unpaired) electrons. The Morgan fingerprint density at radius 1 is 1.24 bits per heavy atom. The molecule has 0 unspecified atom stereocenters. The summed E-state index contributed by atoms with van der Waals surface area (Å²) in [6.45, 7) is 3.82. The van der Waals surface area contributed by atoms with Crippen molar-refractivity contribution < 1.29 is 13.2 Å². The maximum Gasteiger partial charge on any atom is 0.263 e. The summed E-state index contributed by atoms with van der Waals surface area (Å²) >= 11 is 0. The highest BCUT2D eigenvalue weighted by molar-refractivity contribution is 7.92. The summed E-state index contributed by atoms with van der Waals surface area (Å²) in [5.74, 6) is 0.194. The average Bonchev–Trinajstić information content (AvgIpc) is 2.85. The first-order valence-corrected chi connectivity index (χ1v) is 7.83. The van der Waals surface area contributed by atoms with E-state index in [1.165, 1.54) is 37.4 Å². The van der Waals surface area contributed by atoms with Crippen molar-refractivity contribution in [3.63, 3.8) is 0 Å². The van der Waals surface area contributed by atoms with Gasteiger partial charge in [-0.3, -0.25) is 9.52 Å². The van der Waals surface area contributed by atoms with Crippen LogP contribution >= 0.6 is 0 Å². The Balaban J connectivity index is 2.21. The molecular weight excluding hydrogens is 292 g/mol. The van der Waals surface area contributed by atoms with E-state index in [-0.39, 0.29) is 10.8 Å². The molecule has 2 rings (SSSR count). The number of benzene rings is 1. The van der Waals surface area contributed by atoms with Gasteiger partial charge in [-0.05, 0) is 31.2 Å².